The van der Waals surface area contributed by atoms with Crippen molar-refractivity contribution >= 4 is 25.8 Å². The SMILES string of the molecule is O=C(O)[C@H](CC1CC1)NS(=O)(=O)C1CCS(=O)(=O)C1. The van der Waals surface area contributed by atoms with E-state index in [4.69, 9.17) is 5.11 Å². The van der Waals surface area contributed by atoms with Gasteiger partial charge in [-0.15, -0.1) is 0 Å². The van der Waals surface area contributed by atoms with Crippen molar-refractivity contribution < 1.29 is 26.7 Å². The molecule has 1 unspecified atom stereocenters. The van der Waals surface area contributed by atoms with Crippen LogP contribution in [0.4, 0.5) is 0 Å². The molecule has 2 atom stereocenters. The Bertz CT molecular complexity index is 563. The maximum absolute atomic E-state index is 12.0. The standard InChI is InChI=1S/C10H17NO6S2/c12-10(13)9(5-7-1-2-7)11-19(16,17)8-3-4-18(14,15)6-8/h7-9,11H,1-6H2,(H,12,13)/t8?,9-/m0/s1. The molecule has 0 spiro atoms. The topological polar surface area (TPSA) is 118 Å². The summed E-state index contributed by atoms with van der Waals surface area (Å²) in [7, 11) is -7.22. The van der Waals surface area contributed by atoms with Gasteiger partial charge in [0.1, 0.15) is 6.04 Å². The van der Waals surface area contributed by atoms with E-state index in [2.05, 4.69) is 4.72 Å². The third-order valence-corrected chi connectivity index (χ3v) is 7.37. The Morgan fingerprint density at radius 3 is 2.37 bits per heavy atom. The summed E-state index contributed by atoms with van der Waals surface area (Å²) < 4.78 is 48.7. The van der Waals surface area contributed by atoms with Gasteiger partial charge >= 0.3 is 5.97 Å². The first-order valence-corrected chi connectivity index (χ1v) is 9.51. The molecule has 0 aromatic rings. The Hall–Kier alpha value is -0.670. The van der Waals surface area contributed by atoms with Gasteiger partial charge in [0.2, 0.25) is 10.0 Å². The smallest absolute Gasteiger partial charge is 0.321 e. The number of nitrogens with one attached hydrogen (secondary N) is 1. The van der Waals surface area contributed by atoms with Crippen molar-refractivity contribution in [1.29, 1.82) is 0 Å². The van der Waals surface area contributed by atoms with E-state index in [-0.39, 0.29) is 24.5 Å². The molecule has 2 rings (SSSR count). The molecule has 2 aliphatic rings. The monoisotopic (exact) mass is 311 g/mol. The van der Waals surface area contributed by atoms with Crippen LogP contribution in [0.15, 0.2) is 0 Å². The summed E-state index contributed by atoms with van der Waals surface area (Å²) >= 11 is 0. The number of carboxylic acids is 1. The van der Waals surface area contributed by atoms with E-state index < -0.39 is 42.9 Å². The van der Waals surface area contributed by atoms with Crippen LogP contribution in [-0.4, -0.2) is 50.7 Å². The van der Waals surface area contributed by atoms with Gasteiger partial charge in [0.25, 0.3) is 0 Å². The Labute approximate surface area is 112 Å². The van der Waals surface area contributed by atoms with Crippen LogP contribution in [0.3, 0.4) is 0 Å². The molecule has 9 heteroatoms. The number of aliphatic carboxylic acids is 1. The minimum Gasteiger partial charge on any atom is -0.480 e. The summed E-state index contributed by atoms with van der Waals surface area (Å²) in [5, 5.41) is 7.98. The number of hydrogen-bond acceptors (Lipinski definition) is 5. The van der Waals surface area contributed by atoms with E-state index in [1.54, 1.807) is 0 Å². The quantitative estimate of drug-likeness (QED) is 0.673. The fourth-order valence-electron chi connectivity index (χ4n) is 2.19. The van der Waals surface area contributed by atoms with Crippen LogP contribution in [0.1, 0.15) is 25.7 Å². The fourth-order valence-corrected chi connectivity index (χ4v) is 6.43. The lowest BCUT2D eigenvalue weighted by molar-refractivity contribution is -0.139. The molecular formula is C10H17NO6S2. The van der Waals surface area contributed by atoms with E-state index in [1.165, 1.54) is 0 Å². The molecule has 2 N–H and O–H groups in total. The van der Waals surface area contributed by atoms with Crippen molar-refractivity contribution in [1.82, 2.24) is 4.72 Å². The molecule has 2 fully saturated rings. The largest absolute Gasteiger partial charge is 0.480 e. The summed E-state index contributed by atoms with van der Waals surface area (Å²) in [6.45, 7) is 0. The van der Waals surface area contributed by atoms with Crippen molar-refractivity contribution in [2.45, 2.75) is 37.0 Å². The third-order valence-electron chi connectivity index (χ3n) is 3.50. The molecule has 0 aromatic carbocycles. The van der Waals surface area contributed by atoms with Crippen LogP contribution in [0, 0.1) is 5.92 Å². The molecule has 0 amide bonds. The van der Waals surface area contributed by atoms with Gasteiger partial charge in [-0.05, 0) is 18.8 Å². The first-order valence-electron chi connectivity index (χ1n) is 6.14. The van der Waals surface area contributed by atoms with Crippen LogP contribution in [0.5, 0.6) is 0 Å². The van der Waals surface area contributed by atoms with E-state index >= 15 is 0 Å². The average molecular weight is 311 g/mol. The number of hydrogen-bond donors (Lipinski definition) is 2. The Kier molecular flexibility index (Phi) is 3.90. The highest BCUT2D eigenvalue weighted by molar-refractivity contribution is 7.95. The highest BCUT2D eigenvalue weighted by Crippen LogP contribution is 2.34. The molecule has 0 aromatic heterocycles. The lowest BCUT2D eigenvalue weighted by Gasteiger charge is -2.17. The Morgan fingerprint density at radius 1 is 1.32 bits per heavy atom. The highest BCUT2D eigenvalue weighted by atomic mass is 32.2. The van der Waals surface area contributed by atoms with Gasteiger partial charge in [-0.2, -0.15) is 0 Å². The van der Waals surface area contributed by atoms with Crippen LogP contribution in [-0.2, 0) is 24.7 Å². The van der Waals surface area contributed by atoms with Crippen LogP contribution in [0.2, 0.25) is 0 Å². The molecule has 1 aliphatic heterocycles. The van der Waals surface area contributed by atoms with Crippen LogP contribution < -0.4 is 4.72 Å². The minimum absolute atomic E-state index is 0.0352. The molecule has 1 saturated carbocycles. The van der Waals surface area contributed by atoms with Crippen LogP contribution in [0.25, 0.3) is 0 Å². The first-order chi connectivity index (χ1) is 8.70. The number of sulfonamides is 1. The van der Waals surface area contributed by atoms with Crippen molar-refractivity contribution in [2.75, 3.05) is 11.5 Å². The van der Waals surface area contributed by atoms with Crippen molar-refractivity contribution in [3.63, 3.8) is 0 Å². The lowest BCUT2D eigenvalue weighted by atomic mass is 10.1. The molecule has 1 saturated heterocycles. The summed E-state index contributed by atoms with van der Waals surface area (Å²) in [5.41, 5.74) is 0. The van der Waals surface area contributed by atoms with Crippen molar-refractivity contribution in [3.05, 3.63) is 0 Å². The van der Waals surface area contributed by atoms with E-state index in [9.17, 15) is 21.6 Å². The second-order valence-electron chi connectivity index (χ2n) is 5.26. The van der Waals surface area contributed by atoms with E-state index in [0.717, 1.165) is 12.8 Å². The average Bonchev–Trinajstić information content (AvgIpc) is 2.99. The summed E-state index contributed by atoms with van der Waals surface area (Å²) in [6, 6.07) is -1.15. The molecule has 19 heavy (non-hydrogen) atoms. The maximum atomic E-state index is 12.0. The summed E-state index contributed by atoms with van der Waals surface area (Å²) in [6.07, 6.45) is 2.15. The second-order valence-corrected chi connectivity index (χ2v) is 9.48. The number of rotatable bonds is 6. The molecule has 110 valence electrons. The summed E-state index contributed by atoms with van der Waals surface area (Å²) in [4.78, 5) is 11.0. The van der Waals surface area contributed by atoms with Gasteiger partial charge in [-0.1, -0.05) is 12.8 Å². The predicted octanol–water partition coefficient (Wildman–Crippen LogP) is -0.654. The molecule has 7 nitrogen and oxygen atoms in total. The fraction of sp³-hybridized carbons (Fsp3) is 0.900. The normalized spacial score (nSPS) is 28.1. The number of carbonyl (C=O) groups is 1. The third kappa shape index (κ3) is 3.90. The Balaban J connectivity index is 2.04. The lowest BCUT2D eigenvalue weighted by Crippen LogP contribution is -2.45. The zero-order valence-corrected chi connectivity index (χ0v) is 11.9. The molecule has 1 heterocycles. The Morgan fingerprint density at radius 2 is 1.95 bits per heavy atom. The summed E-state index contributed by atoms with van der Waals surface area (Å²) in [5.74, 6) is -1.52. The van der Waals surface area contributed by atoms with Gasteiger partial charge in [-0.3, -0.25) is 4.79 Å². The van der Waals surface area contributed by atoms with Crippen LogP contribution >= 0.6 is 0 Å². The second kappa shape index (κ2) is 5.02. The molecule has 1 aliphatic carbocycles. The van der Waals surface area contributed by atoms with Gasteiger partial charge in [0, 0.05) is 0 Å². The van der Waals surface area contributed by atoms with Gasteiger partial charge in [-0.25, -0.2) is 21.6 Å². The van der Waals surface area contributed by atoms with E-state index in [1.807, 2.05) is 0 Å². The maximum Gasteiger partial charge on any atom is 0.321 e. The minimum atomic E-state index is -3.90. The van der Waals surface area contributed by atoms with Gasteiger partial charge in [0.15, 0.2) is 9.84 Å². The molecule has 0 radical (unpaired) electrons. The molecule has 0 bridgehead atoms. The predicted molar refractivity (Wildman–Crippen MR) is 67.9 cm³/mol. The van der Waals surface area contributed by atoms with Gasteiger partial charge in [0.05, 0.1) is 16.8 Å². The first kappa shape index (κ1) is 14.7. The number of sulfone groups is 1. The number of carboxylic acid groups (broad SMARTS) is 1. The zero-order valence-electron chi connectivity index (χ0n) is 10.3. The zero-order chi connectivity index (χ0) is 14.3. The molecular weight excluding hydrogens is 294 g/mol. The van der Waals surface area contributed by atoms with Gasteiger partial charge < -0.3 is 5.11 Å². The van der Waals surface area contributed by atoms with Crippen molar-refractivity contribution in [2.24, 2.45) is 5.92 Å². The van der Waals surface area contributed by atoms with Crippen molar-refractivity contribution in [3.8, 4) is 0 Å². The highest BCUT2D eigenvalue weighted by Gasteiger charge is 2.40. The van der Waals surface area contributed by atoms with E-state index in [0.29, 0.717) is 0 Å².